The highest BCUT2D eigenvalue weighted by atomic mass is 35.5. The van der Waals surface area contributed by atoms with E-state index < -0.39 is 5.54 Å². The normalized spacial score (nSPS) is 16.0. The van der Waals surface area contributed by atoms with Gasteiger partial charge in [-0.2, -0.15) is 4.98 Å². The molecule has 118 valence electrons. The second kappa shape index (κ2) is 6.94. The molecule has 0 aliphatic heterocycles. The highest BCUT2D eigenvalue weighted by Gasteiger charge is 2.36. The molecule has 1 fully saturated rings. The van der Waals surface area contributed by atoms with Crippen molar-refractivity contribution in [3.8, 4) is 17.2 Å². The fourth-order valence-electron chi connectivity index (χ4n) is 2.62. The molecule has 0 radical (unpaired) electrons. The van der Waals surface area contributed by atoms with Gasteiger partial charge in [0.1, 0.15) is 12.4 Å². The van der Waals surface area contributed by atoms with Gasteiger partial charge in [0.25, 0.3) is 5.89 Å². The van der Waals surface area contributed by atoms with Gasteiger partial charge >= 0.3 is 0 Å². The first-order valence-electron chi connectivity index (χ1n) is 7.18. The van der Waals surface area contributed by atoms with Crippen molar-refractivity contribution in [1.82, 2.24) is 10.1 Å². The van der Waals surface area contributed by atoms with E-state index in [0.29, 0.717) is 18.3 Å². The third-order valence-electron chi connectivity index (χ3n) is 3.84. The molecule has 0 spiro atoms. The van der Waals surface area contributed by atoms with E-state index in [1.165, 1.54) is 0 Å². The number of benzene rings is 1. The van der Waals surface area contributed by atoms with Crippen LogP contribution in [0, 0.1) is 0 Å². The Morgan fingerprint density at radius 3 is 2.59 bits per heavy atom. The predicted molar refractivity (Wildman–Crippen MR) is 87.0 cm³/mol. The van der Waals surface area contributed by atoms with E-state index in [0.717, 1.165) is 37.0 Å². The molecule has 0 saturated heterocycles. The minimum Gasteiger partial charge on any atom is -0.490 e. The van der Waals surface area contributed by atoms with Gasteiger partial charge in [-0.25, -0.2) is 0 Å². The quantitative estimate of drug-likeness (QED) is 0.854. The van der Waals surface area contributed by atoms with Crippen molar-refractivity contribution < 1.29 is 9.26 Å². The Balaban J connectivity index is 0.00000176. The summed E-state index contributed by atoms with van der Waals surface area (Å²) in [5.41, 5.74) is 6.78. The summed E-state index contributed by atoms with van der Waals surface area (Å²) < 4.78 is 10.8. The summed E-state index contributed by atoms with van der Waals surface area (Å²) in [7, 11) is 0. The first-order chi connectivity index (χ1) is 10.2. The van der Waals surface area contributed by atoms with Crippen LogP contribution in [0.5, 0.6) is 5.75 Å². The van der Waals surface area contributed by atoms with E-state index >= 15 is 0 Å². The molecule has 3 rings (SSSR count). The molecule has 1 aliphatic rings. The molecule has 5 nitrogen and oxygen atoms in total. The summed E-state index contributed by atoms with van der Waals surface area (Å²) in [6, 6.07) is 7.54. The Labute approximate surface area is 136 Å². The number of nitrogens with two attached hydrogens (primary N) is 1. The average Bonchev–Trinajstić information content (AvgIpc) is 3.15. The lowest BCUT2D eigenvalue weighted by Gasteiger charge is -2.17. The number of ether oxygens (including phenoxy) is 1. The summed E-state index contributed by atoms with van der Waals surface area (Å²) in [5, 5.41) is 4.06. The molecule has 0 amide bonds. The Morgan fingerprint density at radius 1 is 1.27 bits per heavy atom. The zero-order valence-corrected chi connectivity index (χ0v) is 13.1. The smallest absolute Gasteiger partial charge is 0.257 e. The van der Waals surface area contributed by atoms with Crippen LogP contribution >= 0.6 is 12.4 Å². The summed E-state index contributed by atoms with van der Waals surface area (Å²) in [4.78, 5) is 4.47. The minimum atomic E-state index is -0.422. The van der Waals surface area contributed by atoms with Gasteiger partial charge in [-0.05, 0) is 37.1 Å². The van der Waals surface area contributed by atoms with Crippen LogP contribution in [0.3, 0.4) is 0 Å². The van der Waals surface area contributed by atoms with E-state index in [1.807, 2.05) is 24.3 Å². The van der Waals surface area contributed by atoms with Crippen molar-refractivity contribution in [2.75, 3.05) is 6.61 Å². The van der Waals surface area contributed by atoms with Gasteiger partial charge in [-0.3, -0.25) is 0 Å². The molecule has 1 aliphatic carbocycles. The first kappa shape index (κ1) is 16.5. The summed E-state index contributed by atoms with van der Waals surface area (Å²) in [6.07, 6.45) is 5.78. The van der Waals surface area contributed by atoms with E-state index in [-0.39, 0.29) is 12.4 Å². The molecule has 1 saturated carbocycles. The van der Waals surface area contributed by atoms with E-state index in [1.54, 1.807) is 6.08 Å². The van der Waals surface area contributed by atoms with Gasteiger partial charge in [0, 0.05) is 5.56 Å². The van der Waals surface area contributed by atoms with Crippen LogP contribution < -0.4 is 10.5 Å². The molecular weight excluding hydrogens is 302 g/mol. The third-order valence-corrected chi connectivity index (χ3v) is 3.84. The SMILES string of the molecule is C=CCOc1ccc(-c2nc(C3(N)CCCC3)no2)cc1.Cl. The number of hydrogen-bond donors (Lipinski definition) is 1. The topological polar surface area (TPSA) is 74.2 Å². The average molecular weight is 322 g/mol. The molecule has 0 unspecified atom stereocenters. The second-order valence-electron chi connectivity index (χ2n) is 5.41. The first-order valence-corrected chi connectivity index (χ1v) is 7.18. The Bertz CT molecular complexity index is 619. The standard InChI is InChI=1S/C16H19N3O2.ClH/c1-2-11-20-13-7-5-12(6-8-13)14-18-15(19-21-14)16(17)9-3-4-10-16;/h2,5-8H,1,3-4,9-11,17H2;1H. The third kappa shape index (κ3) is 3.31. The van der Waals surface area contributed by atoms with Gasteiger partial charge in [-0.1, -0.05) is 30.7 Å². The largest absolute Gasteiger partial charge is 0.490 e. The maximum Gasteiger partial charge on any atom is 0.257 e. The number of hydrogen-bond acceptors (Lipinski definition) is 5. The lowest BCUT2D eigenvalue weighted by Crippen LogP contribution is -2.34. The Morgan fingerprint density at radius 2 is 1.95 bits per heavy atom. The van der Waals surface area contributed by atoms with Crippen molar-refractivity contribution in [2.24, 2.45) is 5.73 Å². The molecule has 1 aromatic heterocycles. The van der Waals surface area contributed by atoms with Gasteiger partial charge in [0.2, 0.25) is 0 Å². The maximum atomic E-state index is 6.34. The number of aromatic nitrogens is 2. The van der Waals surface area contributed by atoms with Crippen LogP contribution in [0.15, 0.2) is 41.4 Å². The van der Waals surface area contributed by atoms with Crippen LogP contribution in [0.2, 0.25) is 0 Å². The lowest BCUT2D eigenvalue weighted by atomic mass is 9.99. The molecule has 1 aromatic carbocycles. The van der Waals surface area contributed by atoms with Crippen LogP contribution in [-0.2, 0) is 5.54 Å². The monoisotopic (exact) mass is 321 g/mol. The van der Waals surface area contributed by atoms with Crippen molar-refractivity contribution in [1.29, 1.82) is 0 Å². The minimum absolute atomic E-state index is 0. The molecule has 22 heavy (non-hydrogen) atoms. The van der Waals surface area contributed by atoms with E-state index in [9.17, 15) is 0 Å². The van der Waals surface area contributed by atoms with E-state index in [2.05, 4.69) is 16.7 Å². The number of rotatable bonds is 5. The van der Waals surface area contributed by atoms with Crippen molar-refractivity contribution in [2.45, 2.75) is 31.2 Å². The maximum absolute atomic E-state index is 6.34. The van der Waals surface area contributed by atoms with E-state index in [4.69, 9.17) is 15.0 Å². The fourth-order valence-corrected chi connectivity index (χ4v) is 2.62. The van der Waals surface area contributed by atoms with Gasteiger partial charge in [-0.15, -0.1) is 12.4 Å². The van der Waals surface area contributed by atoms with Crippen LogP contribution in [0.25, 0.3) is 11.5 Å². The highest BCUT2D eigenvalue weighted by molar-refractivity contribution is 5.85. The van der Waals surface area contributed by atoms with Gasteiger partial charge in [0.15, 0.2) is 5.82 Å². The van der Waals surface area contributed by atoms with Crippen LogP contribution in [0.1, 0.15) is 31.5 Å². The van der Waals surface area contributed by atoms with Crippen LogP contribution in [0.4, 0.5) is 0 Å². The summed E-state index contributed by atoms with van der Waals surface area (Å²) in [6.45, 7) is 4.10. The zero-order valence-electron chi connectivity index (χ0n) is 12.3. The van der Waals surface area contributed by atoms with Crippen molar-refractivity contribution in [3.63, 3.8) is 0 Å². The number of halogens is 1. The molecule has 2 aromatic rings. The van der Waals surface area contributed by atoms with Crippen molar-refractivity contribution >= 4 is 12.4 Å². The molecule has 0 atom stereocenters. The molecule has 1 heterocycles. The molecule has 0 bridgehead atoms. The molecule has 6 heteroatoms. The van der Waals surface area contributed by atoms with Gasteiger partial charge in [0.05, 0.1) is 5.54 Å². The lowest BCUT2D eigenvalue weighted by molar-refractivity contribution is 0.363. The Hall–Kier alpha value is -1.85. The predicted octanol–water partition coefficient (Wildman–Crippen LogP) is 3.45. The Kier molecular flexibility index (Phi) is 5.21. The number of nitrogens with zero attached hydrogens (tertiary/aromatic N) is 2. The van der Waals surface area contributed by atoms with Gasteiger partial charge < -0.3 is 15.0 Å². The van der Waals surface area contributed by atoms with Crippen LogP contribution in [-0.4, -0.2) is 16.7 Å². The fraction of sp³-hybridized carbons (Fsp3) is 0.375. The molecule has 2 N–H and O–H groups in total. The summed E-state index contributed by atoms with van der Waals surface area (Å²) >= 11 is 0. The second-order valence-corrected chi connectivity index (χ2v) is 5.41. The molecular formula is C16H20ClN3O2. The highest BCUT2D eigenvalue weighted by Crippen LogP contribution is 2.35. The summed E-state index contributed by atoms with van der Waals surface area (Å²) in [5.74, 6) is 1.89. The zero-order chi connectivity index (χ0) is 14.7. The van der Waals surface area contributed by atoms with Crippen molar-refractivity contribution in [3.05, 3.63) is 42.7 Å².